The number of piperidine rings is 1. The van der Waals surface area contributed by atoms with Crippen LogP contribution in [0.2, 0.25) is 0 Å². The van der Waals surface area contributed by atoms with Crippen molar-refractivity contribution in [2.75, 3.05) is 25.9 Å². The lowest BCUT2D eigenvalue weighted by Gasteiger charge is -2.36. The average molecular weight is 354 g/mol. The molecule has 2 fully saturated rings. The van der Waals surface area contributed by atoms with Gasteiger partial charge in [0.05, 0.1) is 6.26 Å². The zero-order valence-electron chi connectivity index (χ0n) is 13.2. The molecule has 0 aliphatic carbocycles. The molecular formula is C14H28ClN3O3S. The van der Waals surface area contributed by atoms with Crippen molar-refractivity contribution in [3.8, 4) is 0 Å². The number of carbonyl (C=O) groups excluding carboxylic acids is 1. The summed E-state index contributed by atoms with van der Waals surface area (Å²) in [5.74, 6) is 0.170. The van der Waals surface area contributed by atoms with Gasteiger partial charge in [0.25, 0.3) is 0 Å². The van der Waals surface area contributed by atoms with Gasteiger partial charge >= 0.3 is 0 Å². The van der Waals surface area contributed by atoms with E-state index in [-0.39, 0.29) is 24.4 Å². The fourth-order valence-corrected chi connectivity index (χ4v) is 3.73. The Bertz CT molecular complexity index is 452. The van der Waals surface area contributed by atoms with Crippen LogP contribution in [0.5, 0.6) is 0 Å². The van der Waals surface area contributed by atoms with Gasteiger partial charge in [0.2, 0.25) is 15.9 Å². The third-order valence-corrected chi connectivity index (χ3v) is 5.09. The second kappa shape index (κ2) is 9.05. The van der Waals surface area contributed by atoms with Crippen molar-refractivity contribution in [1.29, 1.82) is 0 Å². The van der Waals surface area contributed by atoms with Crippen LogP contribution in [0.25, 0.3) is 0 Å². The van der Waals surface area contributed by atoms with E-state index in [0.29, 0.717) is 19.0 Å². The normalized spacial score (nSPS) is 25.8. The van der Waals surface area contributed by atoms with Crippen molar-refractivity contribution in [1.82, 2.24) is 14.9 Å². The summed E-state index contributed by atoms with van der Waals surface area (Å²) in [5, 5.41) is 3.41. The third kappa shape index (κ3) is 6.40. The molecule has 6 nitrogen and oxygen atoms in total. The number of amides is 1. The Morgan fingerprint density at radius 3 is 2.68 bits per heavy atom. The van der Waals surface area contributed by atoms with E-state index in [4.69, 9.17) is 0 Å². The molecule has 0 radical (unpaired) electrons. The maximum Gasteiger partial charge on any atom is 0.222 e. The molecule has 2 atom stereocenters. The van der Waals surface area contributed by atoms with E-state index in [1.54, 1.807) is 0 Å². The highest BCUT2D eigenvalue weighted by Gasteiger charge is 2.27. The van der Waals surface area contributed by atoms with Gasteiger partial charge in [0.15, 0.2) is 0 Å². The van der Waals surface area contributed by atoms with Crippen LogP contribution < -0.4 is 10.0 Å². The first-order chi connectivity index (χ1) is 9.96. The molecule has 1 amide bonds. The van der Waals surface area contributed by atoms with Gasteiger partial charge in [0, 0.05) is 31.6 Å². The van der Waals surface area contributed by atoms with Crippen LogP contribution in [-0.2, 0) is 14.8 Å². The fourth-order valence-electron chi connectivity index (χ4n) is 3.23. The highest BCUT2D eigenvalue weighted by Crippen LogP contribution is 2.19. The lowest BCUT2D eigenvalue weighted by atomic mass is 10.0. The van der Waals surface area contributed by atoms with Gasteiger partial charge in [-0.25, -0.2) is 13.1 Å². The van der Waals surface area contributed by atoms with E-state index in [9.17, 15) is 13.2 Å². The number of halogens is 1. The Balaban J connectivity index is 0.00000242. The van der Waals surface area contributed by atoms with Gasteiger partial charge in [-0.05, 0) is 45.1 Å². The Morgan fingerprint density at radius 1 is 1.27 bits per heavy atom. The molecule has 0 aromatic carbocycles. The topological polar surface area (TPSA) is 78.5 Å². The minimum atomic E-state index is -3.20. The van der Waals surface area contributed by atoms with Gasteiger partial charge < -0.3 is 10.2 Å². The number of hydrogen-bond donors (Lipinski definition) is 2. The molecule has 0 saturated carbocycles. The van der Waals surface area contributed by atoms with Gasteiger partial charge in [0.1, 0.15) is 0 Å². The molecule has 2 aliphatic heterocycles. The zero-order chi connectivity index (χ0) is 15.3. The highest BCUT2D eigenvalue weighted by atomic mass is 35.5. The Kier molecular flexibility index (Phi) is 8.10. The minimum absolute atomic E-state index is 0. The summed E-state index contributed by atoms with van der Waals surface area (Å²) >= 11 is 0. The zero-order valence-corrected chi connectivity index (χ0v) is 14.8. The highest BCUT2D eigenvalue weighted by molar-refractivity contribution is 7.88. The van der Waals surface area contributed by atoms with Crippen molar-refractivity contribution in [2.24, 2.45) is 0 Å². The molecule has 2 rings (SSSR count). The third-order valence-electron chi connectivity index (χ3n) is 4.40. The quantitative estimate of drug-likeness (QED) is 0.742. The van der Waals surface area contributed by atoms with Crippen molar-refractivity contribution < 1.29 is 13.2 Å². The molecule has 130 valence electrons. The molecule has 2 aliphatic rings. The van der Waals surface area contributed by atoms with Gasteiger partial charge in [-0.2, -0.15) is 0 Å². The standard InChI is InChI=1S/C14H27N3O3S.ClH/c1-21(19,20)16-11-13-6-2-3-10-17(13)14(18)8-7-12-5-4-9-15-12;/h12-13,15-16H,2-11H2,1H3;1H. The number of hydrogen-bond acceptors (Lipinski definition) is 4. The number of likely N-dealkylation sites (tertiary alicyclic amines) is 1. The lowest BCUT2D eigenvalue weighted by molar-refractivity contribution is -0.134. The van der Waals surface area contributed by atoms with Crippen LogP contribution in [0, 0.1) is 0 Å². The van der Waals surface area contributed by atoms with Crippen LogP contribution in [0.4, 0.5) is 0 Å². The van der Waals surface area contributed by atoms with Crippen LogP contribution in [-0.4, -0.2) is 57.2 Å². The molecule has 0 aromatic rings. The van der Waals surface area contributed by atoms with Gasteiger partial charge in [-0.1, -0.05) is 0 Å². The summed E-state index contributed by atoms with van der Waals surface area (Å²) in [6.07, 6.45) is 7.93. The second-order valence-electron chi connectivity index (χ2n) is 6.19. The monoisotopic (exact) mass is 353 g/mol. The fraction of sp³-hybridized carbons (Fsp3) is 0.929. The Labute approximate surface area is 139 Å². The Morgan fingerprint density at radius 2 is 2.05 bits per heavy atom. The average Bonchev–Trinajstić information content (AvgIpc) is 2.95. The smallest absolute Gasteiger partial charge is 0.222 e. The molecule has 0 aromatic heterocycles. The summed E-state index contributed by atoms with van der Waals surface area (Å²) in [6, 6.07) is 0.490. The van der Waals surface area contributed by atoms with E-state index in [1.165, 1.54) is 6.42 Å². The van der Waals surface area contributed by atoms with Crippen molar-refractivity contribution >= 4 is 28.3 Å². The van der Waals surface area contributed by atoms with Crippen molar-refractivity contribution in [3.63, 3.8) is 0 Å². The van der Waals surface area contributed by atoms with Crippen LogP contribution >= 0.6 is 12.4 Å². The van der Waals surface area contributed by atoms with E-state index < -0.39 is 10.0 Å². The van der Waals surface area contributed by atoms with Gasteiger partial charge in [-0.15, -0.1) is 12.4 Å². The summed E-state index contributed by atoms with van der Waals surface area (Å²) in [6.45, 7) is 2.16. The predicted molar refractivity (Wildman–Crippen MR) is 89.7 cm³/mol. The molecule has 2 saturated heterocycles. The summed E-state index contributed by atoms with van der Waals surface area (Å²) in [4.78, 5) is 14.3. The number of sulfonamides is 1. The first-order valence-corrected chi connectivity index (χ1v) is 9.82. The largest absolute Gasteiger partial charge is 0.338 e. The van der Waals surface area contributed by atoms with Gasteiger partial charge in [-0.3, -0.25) is 4.79 Å². The predicted octanol–water partition coefficient (Wildman–Crippen LogP) is 0.871. The minimum Gasteiger partial charge on any atom is -0.338 e. The molecule has 8 heteroatoms. The first-order valence-electron chi connectivity index (χ1n) is 7.93. The Hall–Kier alpha value is -0.370. The van der Waals surface area contributed by atoms with E-state index in [1.807, 2.05) is 4.90 Å². The number of nitrogens with zero attached hydrogens (tertiary/aromatic N) is 1. The molecule has 2 heterocycles. The number of rotatable bonds is 6. The molecule has 2 unspecified atom stereocenters. The molecule has 2 N–H and O–H groups in total. The maximum absolute atomic E-state index is 12.4. The van der Waals surface area contributed by atoms with Crippen molar-refractivity contribution in [2.45, 2.75) is 57.0 Å². The first kappa shape index (κ1) is 19.7. The number of carbonyl (C=O) groups is 1. The van der Waals surface area contributed by atoms with Crippen LogP contribution in [0.15, 0.2) is 0 Å². The maximum atomic E-state index is 12.4. The lowest BCUT2D eigenvalue weighted by Crippen LogP contribution is -2.49. The van der Waals surface area contributed by atoms with E-state index in [2.05, 4.69) is 10.0 Å². The van der Waals surface area contributed by atoms with E-state index in [0.717, 1.165) is 51.4 Å². The summed E-state index contributed by atoms with van der Waals surface area (Å²) < 4.78 is 25.0. The molecular weight excluding hydrogens is 326 g/mol. The summed E-state index contributed by atoms with van der Waals surface area (Å²) in [5.41, 5.74) is 0. The molecule has 22 heavy (non-hydrogen) atoms. The molecule has 0 bridgehead atoms. The number of nitrogens with one attached hydrogen (secondary N) is 2. The van der Waals surface area contributed by atoms with Crippen LogP contribution in [0.1, 0.15) is 44.9 Å². The van der Waals surface area contributed by atoms with E-state index >= 15 is 0 Å². The van der Waals surface area contributed by atoms with Crippen LogP contribution in [0.3, 0.4) is 0 Å². The molecule has 0 spiro atoms. The van der Waals surface area contributed by atoms with Crippen molar-refractivity contribution in [3.05, 3.63) is 0 Å². The second-order valence-corrected chi connectivity index (χ2v) is 8.02. The SMILES string of the molecule is CS(=O)(=O)NCC1CCCCN1C(=O)CCC1CCCN1.Cl. The summed E-state index contributed by atoms with van der Waals surface area (Å²) in [7, 11) is -3.20.